The van der Waals surface area contributed by atoms with Crippen LogP contribution in [0.4, 0.5) is 0 Å². The molecule has 1 atom stereocenters. The smallest absolute Gasteiger partial charge is 0.326 e. The molecule has 7 heteroatoms. The van der Waals surface area contributed by atoms with Crippen LogP contribution in [0, 0.1) is 5.92 Å². The lowest BCUT2D eigenvalue weighted by Crippen LogP contribution is -2.42. The van der Waals surface area contributed by atoms with Crippen molar-refractivity contribution in [3.05, 3.63) is 42.5 Å². The van der Waals surface area contributed by atoms with Crippen LogP contribution in [0.15, 0.2) is 36.7 Å². The number of hydrogen-bond acceptors (Lipinski definition) is 4. The molecule has 0 bridgehead atoms. The third-order valence-corrected chi connectivity index (χ3v) is 3.36. The molecule has 1 fully saturated rings. The molecule has 3 rings (SSSR count). The maximum absolute atomic E-state index is 12.0. The molecule has 1 aromatic carbocycles. The lowest BCUT2D eigenvalue weighted by molar-refractivity contribution is -0.139. The van der Waals surface area contributed by atoms with Crippen LogP contribution in [0.25, 0.3) is 5.69 Å². The average Bonchev–Trinajstić information content (AvgIpc) is 3.20. The minimum Gasteiger partial charge on any atom is -0.480 e. The minimum absolute atomic E-state index is 0.0164. The van der Waals surface area contributed by atoms with E-state index in [1.807, 2.05) is 30.3 Å². The number of aliphatic carboxylic acids is 1. The fourth-order valence-corrected chi connectivity index (χ4v) is 2.09. The zero-order valence-electron chi connectivity index (χ0n) is 11.1. The zero-order chi connectivity index (χ0) is 14.8. The largest absolute Gasteiger partial charge is 0.480 e. The van der Waals surface area contributed by atoms with Crippen molar-refractivity contribution in [2.45, 2.75) is 18.9 Å². The number of rotatable bonds is 5. The van der Waals surface area contributed by atoms with Gasteiger partial charge >= 0.3 is 5.97 Å². The molecule has 1 unspecified atom stereocenters. The Hall–Kier alpha value is -2.70. The lowest BCUT2D eigenvalue weighted by atomic mass is 10.2. The number of nitrogens with one attached hydrogen (secondary N) is 1. The van der Waals surface area contributed by atoms with E-state index in [0.717, 1.165) is 18.5 Å². The summed E-state index contributed by atoms with van der Waals surface area (Å²) in [6, 6.07) is 8.39. The Labute approximate surface area is 120 Å². The van der Waals surface area contributed by atoms with Gasteiger partial charge in [0.2, 0.25) is 5.82 Å². The molecule has 1 aromatic heterocycles. The van der Waals surface area contributed by atoms with Gasteiger partial charge < -0.3 is 10.4 Å². The van der Waals surface area contributed by atoms with Crippen LogP contribution in [0.5, 0.6) is 0 Å². The second-order valence-electron chi connectivity index (χ2n) is 4.98. The first-order chi connectivity index (χ1) is 10.1. The summed E-state index contributed by atoms with van der Waals surface area (Å²) in [5.41, 5.74) is 0.779. The zero-order valence-corrected chi connectivity index (χ0v) is 11.1. The van der Waals surface area contributed by atoms with Crippen molar-refractivity contribution < 1.29 is 14.7 Å². The number of nitrogens with zero attached hydrogens (tertiary/aromatic N) is 3. The second-order valence-corrected chi connectivity index (χ2v) is 4.98. The number of carboxylic acids is 1. The normalized spacial score (nSPS) is 15.4. The van der Waals surface area contributed by atoms with Gasteiger partial charge in [0, 0.05) is 0 Å². The molecule has 2 N–H and O–H groups in total. The van der Waals surface area contributed by atoms with Crippen molar-refractivity contribution in [1.29, 1.82) is 0 Å². The standard InChI is InChI=1S/C14H14N4O3/c19-13(16-11(14(20)21)9-6-7-9)12-15-8-18(17-12)10-4-2-1-3-5-10/h1-5,8-9,11H,6-7H2,(H,16,19)(H,20,21). The Morgan fingerprint density at radius 1 is 1.29 bits per heavy atom. The van der Waals surface area contributed by atoms with Gasteiger partial charge in [-0.1, -0.05) is 18.2 Å². The van der Waals surface area contributed by atoms with Gasteiger partial charge in [-0.2, -0.15) is 0 Å². The van der Waals surface area contributed by atoms with Gasteiger partial charge in [0.1, 0.15) is 12.4 Å². The third kappa shape index (κ3) is 2.91. The predicted octanol–water partition coefficient (Wildman–Crippen LogP) is 0.860. The van der Waals surface area contributed by atoms with E-state index in [-0.39, 0.29) is 11.7 Å². The summed E-state index contributed by atoms with van der Waals surface area (Å²) >= 11 is 0. The number of hydrogen-bond donors (Lipinski definition) is 2. The molecule has 1 saturated carbocycles. The highest BCUT2D eigenvalue weighted by Crippen LogP contribution is 2.32. The van der Waals surface area contributed by atoms with E-state index < -0.39 is 17.9 Å². The van der Waals surface area contributed by atoms with Crippen molar-refractivity contribution >= 4 is 11.9 Å². The first-order valence-corrected chi connectivity index (χ1v) is 6.66. The molecule has 0 spiro atoms. The first kappa shape index (κ1) is 13.3. The first-order valence-electron chi connectivity index (χ1n) is 6.66. The van der Waals surface area contributed by atoms with Crippen LogP contribution in [0.2, 0.25) is 0 Å². The van der Waals surface area contributed by atoms with Crippen LogP contribution < -0.4 is 5.32 Å². The average molecular weight is 286 g/mol. The summed E-state index contributed by atoms with van der Waals surface area (Å²) in [7, 11) is 0. The van der Waals surface area contributed by atoms with Crippen molar-refractivity contribution in [2.75, 3.05) is 0 Å². The van der Waals surface area contributed by atoms with Crippen molar-refractivity contribution in [1.82, 2.24) is 20.1 Å². The summed E-state index contributed by atoms with van der Waals surface area (Å²) in [6.07, 6.45) is 3.07. The summed E-state index contributed by atoms with van der Waals surface area (Å²) in [6.45, 7) is 0. The van der Waals surface area contributed by atoms with E-state index in [4.69, 9.17) is 5.11 Å². The van der Waals surface area contributed by atoms with Crippen LogP contribution in [-0.2, 0) is 4.79 Å². The topological polar surface area (TPSA) is 97.1 Å². The molecule has 1 aliphatic carbocycles. The molecule has 7 nitrogen and oxygen atoms in total. The Bertz CT molecular complexity index is 664. The van der Waals surface area contributed by atoms with Gasteiger partial charge in [-0.25, -0.2) is 14.5 Å². The fourth-order valence-electron chi connectivity index (χ4n) is 2.09. The molecule has 0 radical (unpaired) electrons. The van der Waals surface area contributed by atoms with Gasteiger partial charge in [0.15, 0.2) is 0 Å². The Kier molecular flexibility index (Phi) is 3.39. The van der Waals surface area contributed by atoms with Crippen molar-refractivity contribution in [3.8, 4) is 5.69 Å². The Morgan fingerprint density at radius 2 is 2.00 bits per heavy atom. The molecule has 108 valence electrons. The summed E-state index contributed by atoms with van der Waals surface area (Å²) in [4.78, 5) is 27.1. The summed E-state index contributed by atoms with van der Waals surface area (Å²) in [5, 5.41) is 15.7. The van der Waals surface area contributed by atoms with Gasteiger partial charge in [0.25, 0.3) is 5.91 Å². The van der Waals surface area contributed by atoms with E-state index in [1.165, 1.54) is 11.0 Å². The van der Waals surface area contributed by atoms with E-state index in [9.17, 15) is 9.59 Å². The molecular weight excluding hydrogens is 272 g/mol. The van der Waals surface area contributed by atoms with Gasteiger partial charge in [-0.05, 0) is 30.9 Å². The Morgan fingerprint density at radius 3 is 2.62 bits per heavy atom. The molecule has 0 aliphatic heterocycles. The molecule has 2 aromatic rings. The number of benzene rings is 1. The predicted molar refractivity (Wildman–Crippen MR) is 73.0 cm³/mol. The van der Waals surface area contributed by atoms with Crippen molar-refractivity contribution in [2.24, 2.45) is 5.92 Å². The second kappa shape index (κ2) is 5.35. The number of carbonyl (C=O) groups excluding carboxylic acids is 1. The number of amides is 1. The summed E-state index contributed by atoms with van der Waals surface area (Å²) < 4.78 is 1.47. The van der Waals surface area contributed by atoms with Gasteiger partial charge in [0.05, 0.1) is 5.69 Å². The van der Waals surface area contributed by atoms with Crippen LogP contribution in [0.3, 0.4) is 0 Å². The van der Waals surface area contributed by atoms with Crippen LogP contribution in [0.1, 0.15) is 23.5 Å². The van der Waals surface area contributed by atoms with Crippen molar-refractivity contribution in [3.63, 3.8) is 0 Å². The highest BCUT2D eigenvalue weighted by Gasteiger charge is 2.37. The highest BCUT2D eigenvalue weighted by molar-refractivity contribution is 5.93. The van der Waals surface area contributed by atoms with Crippen LogP contribution >= 0.6 is 0 Å². The molecular formula is C14H14N4O3. The number of aromatic nitrogens is 3. The van der Waals surface area contributed by atoms with E-state index >= 15 is 0 Å². The maximum atomic E-state index is 12.0. The quantitative estimate of drug-likeness (QED) is 0.849. The lowest BCUT2D eigenvalue weighted by Gasteiger charge is -2.11. The number of carboxylic acid groups (broad SMARTS) is 1. The molecule has 0 saturated heterocycles. The summed E-state index contributed by atoms with van der Waals surface area (Å²) in [5.74, 6) is -1.61. The minimum atomic E-state index is -1.02. The van der Waals surface area contributed by atoms with E-state index in [0.29, 0.717) is 0 Å². The SMILES string of the molecule is O=C(NC(C(=O)O)C1CC1)c1ncn(-c2ccccc2)n1. The van der Waals surface area contributed by atoms with Gasteiger partial charge in [-0.15, -0.1) is 5.10 Å². The number of carbonyl (C=O) groups is 2. The molecule has 1 aliphatic rings. The number of para-hydroxylation sites is 1. The molecule has 21 heavy (non-hydrogen) atoms. The maximum Gasteiger partial charge on any atom is 0.326 e. The van der Waals surface area contributed by atoms with E-state index in [2.05, 4.69) is 15.4 Å². The van der Waals surface area contributed by atoms with E-state index in [1.54, 1.807) is 0 Å². The molecule has 1 heterocycles. The monoisotopic (exact) mass is 286 g/mol. The highest BCUT2D eigenvalue weighted by atomic mass is 16.4. The molecule has 1 amide bonds. The van der Waals surface area contributed by atoms with Gasteiger partial charge in [-0.3, -0.25) is 4.79 Å². The third-order valence-electron chi connectivity index (χ3n) is 3.36. The Balaban J connectivity index is 1.73. The van der Waals surface area contributed by atoms with Crippen LogP contribution in [-0.4, -0.2) is 37.8 Å². The fraction of sp³-hybridized carbons (Fsp3) is 0.286.